The average molecular weight is 1090 g/mol. The molecule has 0 atom stereocenters. The maximum absolute atomic E-state index is 12.3. The molecule has 0 saturated carbocycles. The van der Waals surface area contributed by atoms with Crippen molar-refractivity contribution in [3.8, 4) is 34.0 Å². The van der Waals surface area contributed by atoms with Crippen LogP contribution in [0.25, 0.3) is 44.6 Å². The minimum absolute atomic E-state index is 0.285. The van der Waals surface area contributed by atoms with Gasteiger partial charge >= 0.3 is 0 Å². The van der Waals surface area contributed by atoms with Crippen LogP contribution < -0.4 is 41.0 Å². The van der Waals surface area contributed by atoms with Crippen molar-refractivity contribution >= 4 is 90.8 Å². The Morgan fingerprint density at radius 3 is 1.52 bits per heavy atom. The molecule has 0 aliphatic carbocycles. The molecule has 5 N–H and O–H groups in total. The first-order valence-corrected chi connectivity index (χ1v) is 26.0. The molecule has 6 aromatic heterocycles. The number of anilines is 8. The summed E-state index contributed by atoms with van der Waals surface area (Å²) in [6.07, 6.45) is 17.1. The number of rotatable bonds is 15. The summed E-state index contributed by atoms with van der Waals surface area (Å²) in [6, 6.07) is 16.5. The number of aromatic nitrogens is 10. The summed E-state index contributed by atoms with van der Waals surface area (Å²) < 4.78 is 14.9. The lowest BCUT2D eigenvalue weighted by molar-refractivity contribution is -0.112. The van der Waals surface area contributed by atoms with Gasteiger partial charge in [0.2, 0.25) is 23.0 Å². The van der Waals surface area contributed by atoms with E-state index in [1.54, 1.807) is 60.8 Å². The van der Waals surface area contributed by atoms with E-state index in [4.69, 9.17) is 36.8 Å². The van der Waals surface area contributed by atoms with E-state index in [0.717, 1.165) is 114 Å². The molecule has 0 spiro atoms. The molecule has 2 aromatic carbocycles. The van der Waals surface area contributed by atoms with Crippen LogP contribution >= 0.6 is 11.6 Å². The minimum atomic E-state index is -0.509. The summed E-state index contributed by atoms with van der Waals surface area (Å²) in [5.41, 5.74) is 15.9. The van der Waals surface area contributed by atoms with E-state index in [1.165, 1.54) is 6.08 Å². The van der Waals surface area contributed by atoms with Crippen molar-refractivity contribution < 1.29 is 19.1 Å². The fourth-order valence-electron chi connectivity index (χ4n) is 9.52. The first kappa shape index (κ1) is 56.5. The number of allylic oxidation sites excluding steroid dienone is 1. The van der Waals surface area contributed by atoms with Gasteiger partial charge in [0.05, 0.1) is 72.1 Å². The zero-order valence-corrected chi connectivity index (χ0v) is 46.6. The van der Waals surface area contributed by atoms with Gasteiger partial charge in [-0.05, 0) is 114 Å². The van der Waals surface area contributed by atoms with E-state index >= 15 is 0 Å². The standard InChI is InChI=1S/C28H33N9O2.C25H31N9O.C3H3ClO/c1-6-26(38)32-22-14-23(25(39-5)15-24(22)37-11-8-20(9-12-37)35(2)3)34-28-29-10-7-21(33-28)18-13-19-17-31-36(4)27(19)30-16-18;1-32(2)18-6-9-34(10-7-18)22-13-23(35-4)21(12-19(22)26)31-25-27-8-5-20(30-25)16-11-17-15-29-33(3)24(17)28-14-16;1-2-3(4)5/h6-7,10,13-17,20H,1,8-9,11-12H2,2-5H3,(H,32,38)(H,29,33,34);5,8,11-15,18H,6-7,9-10,26H2,1-4H3,(H,27,30,31);2H,1H2. The van der Waals surface area contributed by atoms with Gasteiger partial charge in [0.1, 0.15) is 11.5 Å². The number of fused-ring (bicyclic) bond motifs is 2. The van der Waals surface area contributed by atoms with Crippen LogP contribution in [0.1, 0.15) is 25.7 Å². The first-order chi connectivity index (χ1) is 38.0. The van der Waals surface area contributed by atoms with Crippen molar-refractivity contribution in [1.82, 2.24) is 59.3 Å². The maximum Gasteiger partial charge on any atom is 0.247 e. The molecule has 8 aromatic rings. The molecule has 0 unspecified atom stereocenters. The number of aryl methyl sites for hydroxylation is 2. The number of ether oxygens (including phenoxy) is 2. The molecule has 2 aliphatic rings. The van der Waals surface area contributed by atoms with Gasteiger partial charge in [0.15, 0.2) is 11.3 Å². The van der Waals surface area contributed by atoms with E-state index in [-0.39, 0.29) is 5.91 Å². The van der Waals surface area contributed by atoms with Gasteiger partial charge in [0, 0.05) is 111 Å². The molecule has 8 heterocycles. The second-order valence-electron chi connectivity index (χ2n) is 19.3. The molecule has 2 fully saturated rings. The van der Waals surface area contributed by atoms with Crippen LogP contribution in [0.3, 0.4) is 0 Å². The molecular weight excluding hydrogens is 1020 g/mol. The summed E-state index contributed by atoms with van der Waals surface area (Å²) in [6.45, 7) is 10.4. The second kappa shape index (κ2) is 25.6. The maximum atomic E-state index is 12.3. The van der Waals surface area contributed by atoms with Gasteiger partial charge in [-0.2, -0.15) is 10.2 Å². The number of nitrogens with two attached hydrogens (primary N) is 1. The fraction of sp³-hybridized carbons (Fsp3) is 0.321. The highest BCUT2D eigenvalue weighted by atomic mass is 35.5. The second-order valence-corrected chi connectivity index (χ2v) is 19.7. The minimum Gasteiger partial charge on any atom is -0.494 e. The van der Waals surface area contributed by atoms with E-state index in [0.29, 0.717) is 58.2 Å². The number of methoxy groups -OCH3 is 2. The fourth-order valence-corrected chi connectivity index (χ4v) is 9.52. The zero-order chi connectivity index (χ0) is 56.3. The lowest BCUT2D eigenvalue weighted by atomic mass is 10.0. The third kappa shape index (κ3) is 13.7. The summed E-state index contributed by atoms with van der Waals surface area (Å²) in [4.78, 5) is 58.2. The smallest absolute Gasteiger partial charge is 0.247 e. The van der Waals surface area contributed by atoms with Crippen molar-refractivity contribution in [3.63, 3.8) is 0 Å². The lowest BCUT2D eigenvalue weighted by Crippen LogP contribution is -2.42. The van der Waals surface area contributed by atoms with Crippen LogP contribution in [0, 0.1) is 0 Å². The molecule has 2 aliphatic heterocycles. The Morgan fingerprint density at radius 1 is 0.646 bits per heavy atom. The largest absolute Gasteiger partial charge is 0.494 e. The van der Waals surface area contributed by atoms with Gasteiger partial charge in [0.25, 0.3) is 0 Å². The van der Waals surface area contributed by atoms with Crippen LogP contribution in [0.15, 0.2) is 111 Å². The number of nitrogens with one attached hydrogen (secondary N) is 3. The topological polar surface area (TPSA) is 241 Å². The highest BCUT2D eigenvalue weighted by Gasteiger charge is 2.26. The molecule has 0 bridgehead atoms. The van der Waals surface area contributed by atoms with Gasteiger partial charge in [-0.25, -0.2) is 29.9 Å². The monoisotopic (exact) mass is 1090 g/mol. The number of piperidine rings is 2. The van der Waals surface area contributed by atoms with E-state index in [2.05, 4.69) is 107 Å². The summed E-state index contributed by atoms with van der Waals surface area (Å²) >= 11 is 4.71. The molecule has 0 radical (unpaired) electrons. The number of nitrogens with zero attached hydrogens (tertiary/aromatic N) is 14. The third-order valence-corrected chi connectivity index (χ3v) is 14.0. The number of hydrogen-bond donors (Lipinski definition) is 4. The zero-order valence-electron chi connectivity index (χ0n) is 45.8. The Hall–Kier alpha value is -8.73. The summed E-state index contributed by atoms with van der Waals surface area (Å²) in [5, 5.41) is 19.4. The Balaban J connectivity index is 0.000000193. The Labute approximate surface area is 464 Å². The number of carbonyl (C=O) groups is 2. The molecule has 22 nitrogen and oxygen atoms in total. The molecule has 412 valence electrons. The van der Waals surface area contributed by atoms with Gasteiger partial charge < -0.3 is 50.8 Å². The predicted octanol–water partition coefficient (Wildman–Crippen LogP) is 8.06. The van der Waals surface area contributed by atoms with Crippen molar-refractivity contribution in [2.24, 2.45) is 14.1 Å². The number of benzene rings is 2. The van der Waals surface area contributed by atoms with Gasteiger partial charge in [-0.1, -0.05) is 13.2 Å². The third-order valence-electron chi connectivity index (χ3n) is 13.9. The average Bonchev–Trinajstić information content (AvgIpc) is 4.11. The van der Waals surface area contributed by atoms with E-state index < -0.39 is 5.24 Å². The van der Waals surface area contributed by atoms with Crippen LogP contribution in [0.4, 0.5) is 46.0 Å². The van der Waals surface area contributed by atoms with Crippen molar-refractivity contribution in [1.29, 1.82) is 0 Å². The molecule has 10 rings (SSSR count). The van der Waals surface area contributed by atoms with Crippen molar-refractivity contribution in [2.75, 3.05) is 100 Å². The number of amides is 1. The number of halogens is 1. The normalized spacial score (nSPS) is 13.8. The summed E-state index contributed by atoms with van der Waals surface area (Å²) in [5.74, 6) is 1.86. The van der Waals surface area contributed by atoms with Gasteiger partial charge in [-0.15, -0.1) is 0 Å². The van der Waals surface area contributed by atoms with Crippen molar-refractivity contribution in [2.45, 2.75) is 37.8 Å². The summed E-state index contributed by atoms with van der Waals surface area (Å²) in [7, 11) is 15.5. The lowest BCUT2D eigenvalue weighted by Gasteiger charge is -2.37. The van der Waals surface area contributed by atoms with Crippen LogP contribution in [0.2, 0.25) is 0 Å². The Bertz CT molecular complexity index is 3460. The van der Waals surface area contributed by atoms with Crippen LogP contribution in [-0.4, -0.2) is 151 Å². The quantitative estimate of drug-likeness (QED) is 0.0431. The number of pyridine rings is 2. The van der Waals surface area contributed by atoms with E-state index in [9.17, 15) is 9.59 Å². The van der Waals surface area contributed by atoms with Crippen LogP contribution in [0.5, 0.6) is 11.5 Å². The molecule has 79 heavy (non-hydrogen) atoms. The number of carbonyl (C=O) groups excluding carboxylic acids is 2. The highest BCUT2D eigenvalue weighted by molar-refractivity contribution is 6.66. The SMILES string of the molecule is C=CC(=O)Cl.C=CC(=O)Nc1cc(Nc2nccc(-c3cnc4c(cnn4C)c3)n2)c(OC)cc1N1CCC(N(C)C)CC1.COc1cc(N2CCC(N(C)C)CC2)c(N)cc1Nc1nccc(-c2cnc3c(cnn3C)c2)n1. The Kier molecular flexibility index (Phi) is 18.3. The molecule has 23 heteroatoms. The molecular formula is C56H67ClN18O4. The predicted molar refractivity (Wildman–Crippen MR) is 314 cm³/mol. The van der Waals surface area contributed by atoms with E-state index in [1.807, 2.05) is 62.6 Å². The van der Waals surface area contributed by atoms with Crippen molar-refractivity contribution in [3.05, 3.63) is 111 Å². The molecule has 1 amide bonds. The molecule has 2 saturated heterocycles. The van der Waals surface area contributed by atoms with Crippen LogP contribution in [-0.2, 0) is 23.7 Å². The highest BCUT2D eigenvalue weighted by Crippen LogP contribution is 2.41. The number of nitrogen functional groups attached to an aromatic ring is 1. The Morgan fingerprint density at radius 2 is 1.09 bits per heavy atom. The van der Waals surface area contributed by atoms with Gasteiger partial charge in [-0.3, -0.25) is 19.0 Å². The number of hydrogen-bond acceptors (Lipinski definition) is 19. The first-order valence-electron chi connectivity index (χ1n) is 25.6.